The maximum atomic E-state index is 11.4. The second-order valence-electron chi connectivity index (χ2n) is 4.06. The van der Waals surface area contributed by atoms with Crippen molar-refractivity contribution in [2.75, 3.05) is 6.54 Å². The zero-order valence-electron chi connectivity index (χ0n) is 9.89. The molecule has 0 spiro atoms. The number of carbonyl (C=O) groups is 1. The maximum absolute atomic E-state index is 11.4. The molecule has 17 heavy (non-hydrogen) atoms. The molecule has 0 aliphatic carbocycles. The summed E-state index contributed by atoms with van der Waals surface area (Å²) in [5.74, 6) is -0.0295. The van der Waals surface area contributed by atoms with Gasteiger partial charge < -0.3 is 10.6 Å². The van der Waals surface area contributed by atoms with Gasteiger partial charge in [-0.25, -0.2) is 0 Å². The van der Waals surface area contributed by atoms with Gasteiger partial charge >= 0.3 is 0 Å². The molecule has 1 aromatic rings. The van der Waals surface area contributed by atoms with Crippen LogP contribution in [-0.4, -0.2) is 18.5 Å². The second-order valence-corrected chi connectivity index (χ2v) is 4.91. The van der Waals surface area contributed by atoms with Crippen molar-refractivity contribution < 1.29 is 4.79 Å². The van der Waals surface area contributed by atoms with E-state index in [1.807, 2.05) is 13.8 Å². The molecule has 1 rings (SSSR count). The first-order valence-corrected chi connectivity index (χ1v) is 6.18. The minimum atomic E-state index is -0.0295. The molecule has 0 aromatic heterocycles. The molecule has 0 unspecified atom stereocenters. The van der Waals surface area contributed by atoms with Gasteiger partial charge in [-0.2, -0.15) is 0 Å². The largest absolute Gasteiger partial charge is 0.353 e. The van der Waals surface area contributed by atoms with Crippen LogP contribution in [0.4, 0.5) is 0 Å². The fraction of sp³-hybridized carbons (Fsp3) is 0.417. The van der Waals surface area contributed by atoms with E-state index in [0.29, 0.717) is 16.6 Å². The minimum absolute atomic E-state index is 0.0295. The Balaban J connectivity index is 2.40. The molecular formula is C12H16Cl2N2O. The smallest absolute Gasteiger partial charge is 0.234 e. The molecule has 94 valence electrons. The third kappa shape index (κ3) is 5.39. The predicted octanol–water partition coefficient (Wildman–Crippen LogP) is 2.61. The van der Waals surface area contributed by atoms with E-state index < -0.39 is 0 Å². The van der Waals surface area contributed by atoms with E-state index in [1.165, 1.54) is 0 Å². The Labute approximate surface area is 111 Å². The van der Waals surface area contributed by atoms with Gasteiger partial charge in [0, 0.05) is 22.6 Å². The summed E-state index contributed by atoms with van der Waals surface area (Å²) in [7, 11) is 0. The summed E-state index contributed by atoms with van der Waals surface area (Å²) in [6, 6.07) is 5.42. The van der Waals surface area contributed by atoms with Gasteiger partial charge in [0.25, 0.3) is 0 Å². The van der Waals surface area contributed by atoms with Gasteiger partial charge in [-0.15, -0.1) is 0 Å². The minimum Gasteiger partial charge on any atom is -0.353 e. The summed E-state index contributed by atoms with van der Waals surface area (Å²) in [6.07, 6.45) is 0. The SMILES string of the molecule is CC(C)NC(=O)CNCc1cc(Cl)ccc1Cl. The molecule has 0 atom stereocenters. The van der Waals surface area contributed by atoms with Crippen molar-refractivity contribution in [1.29, 1.82) is 0 Å². The molecule has 0 saturated carbocycles. The van der Waals surface area contributed by atoms with Crippen LogP contribution in [0.25, 0.3) is 0 Å². The van der Waals surface area contributed by atoms with Gasteiger partial charge in [-0.05, 0) is 37.6 Å². The van der Waals surface area contributed by atoms with E-state index in [2.05, 4.69) is 10.6 Å². The number of hydrogen-bond donors (Lipinski definition) is 2. The number of amides is 1. The van der Waals surface area contributed by atoms with Crippen LogP contribution in [0.5, 0.6) is 0 Å². The monoisotopic (exact) mass is 274 g/mol. The lowest BCUT2D eigenvalue weighted by atomic mass is 10.2. The lowest BCUT2D eigenvalue weighted by Crippen LogP contribution is -2.37. The lowest BCUT2D eigenvalue weighted by Gasteiger charge is -2.10. The average molecular weight is 275 g/mol. The quantitative estimate of drug-likeness (QED) is 0.867. The van der Waals surface area contributed by atoms with Crippen molar-refractivity contribution >= 4 is 29.1 Å². The fourth-order valence-electron chi connectivity index (χ4n) is 1.36. The molecule has 0 aliphatic heterocycles. The molecule has 0 aliphatic rings. The van der Waals surface area contributed by atoms with Crippen molar-refractivity contribution in [3.63, 3.8) is 0 Å². The van der Waals surface area contributed by atoms with Crippen molar-refractivity contribution in [2.45, 2.75) is 26.4 Å². The average Bonchev–Trinajstić information content (AvgIpc) is 2.22. The summed E-state index contributed by atoms with van der Waals surface area (Å²) in [4.78, 5) is 11.4. The van der Waals surface area contributed by atoms with Crippen molar-refractivity contribution in [2.24, 2.45) is 0 Å². The highest BCUT2D eigenvalue weighted by Gasteiger charge is 2.04. The number of rotatable bonds is 5. The van der Waals surface area contributed by atoms with Crippen LogP contribution >= 0.6 is 23.2 Å². The summed E-state index contributed by atoms with van der Waals surface area (Å²) in [6.45, 7) is 4.63. The summed E-state index contributed by atoms with van der Waals surface area (Å²) < 4.78 is 0. The zero-order chi connectivity index (χ0) is 12.8. The van der Waals surface area contributed by atoms with Gasteiger partial charge in [0.05, 0.1) is 6.54 Å². The maximum Gasteiger partial charge on any atom is 0.234 e. The highest BCUT2D eigenvalue weighted by Crippen LogP contribution is 2.20. The van der Waals surface area contributed by atoms with Gasteiger partial charge in [-0.3, -0.25) is 4.79 Å². The number of carbonyl (C=O) groups excluding carboxylic acids is 1. The van der Waals surface area contributed by atoms with Gasteiger partial charge in [0.15, 0.2) is 0 Å². The van der Waals surface area contributed by atoms with E-state index in [1.54, 1.807) is 18.2 Å². The highest BCUT2D eigenvalue weighted by atomic mass is 35.5. The molecule has 0 radical (unpaired) electrons. The normalized spacial score (nSPS) is 10.6. The third-order valence-corrected chi connectivity index (χ3v) is 2.66. The van der Waals surface area contributed by atoms with Crippen molar-refractivity contribution in [1.82, 2.24) is 10.6 Å². The van der Waals surface area contributed by atoms with Gasteiger partial charge in [0.1, 0.15) is 0 Å². The van der Waals surface area contributed by atoms with Crippen LogP contribution in [0.2, 0.25) is 10.0 Å². The molecule has 1 aromatic carbocycles. The van der Waals surface area contributed by atoms with Crippen LogP contribution in [0.1, 0.15) is 19.4 Å². The Hall–Kier alpha value is -0.770. The third-order valence-electron chi connectivity index (χ3n) is 2.06. The zero-order valence-corrected chi connectivity index (χ0v) is 11.4. The van der Waals surface area contributed by atoms with Crippen LogP contribution in [0.15, 0.2) is 18.2 Å². The Morgan fingerprint density at radius 2 is 2.06 bits per heavy atom. The van der Waals surface area contributed by atoms with E-state index in [9.17, 15) is 4.79 Å². The van der Waals surface area contributed by atoms with Crippen molar-refractivity contribution in [3.05, 3.63) is 33.8 Å². The number of nitrogens with one attached hydrogen (secondary N) is 2. The second kappa shape index (κ2) is 6.84. The lowest BCUT2D eigenvalue weighted by molar-refractivity contribution is -0.120. The van der Waals surface area contributed by atoms with Crippen LogP contribution < -0.4 is 10.6 Å². The standard InChI is InChI=1S/C12H16Cl2N2O/c1-8(2)16-12(17)7-15-6-9-5-10(13)3-4-11(9)14/h3-5,8,15H,6-7H2,1-2H3,(H,16,17). The summed E-state index contributed by atoms with van der Waals surface area (Å²) in [5, 5.41) is 7.10. The molecular weight excluding hydrogens is 259 g/mol. The highest BCUT2D eigenvalue weighted by molar-refractivity contribution is 6.33. The first-order chi connectivity index (χ1) is 7.99. The molecule has 0 bridgehead atoms. The summed E-state index contributed by atoms with van der Waals surface area (Å²) in [5.41, 5.74) is 0.886. The van der Waals surface area contributed by atoms with Crippen molar-refractivity contribution in [3.8, 4) is 0 Å². The van der Waals surface area contributed by atoms with Crippen LogP contribution in [-0.2, 0) is 11.3 Å². The molecule has 0 fully saturated rings. The molecule has 0 saturated heterocycles. The van der Waals surface area contributed by atoms with E-state index >= 15 is 0 Å². The predicted molar refractivity (Wildman–Crippen MR) is 71.4 cm³/mol. The van der Waals surface area contributed by atoms with Crippen LogP contribution in [0.3, 0.4) is 0 Å². The molecule has 2 N–H and O–H groups in total. The Bertz CT molecular complexity index is 394. The number of hydrogen-bond acceptors (Lipinski definition) is 2. The van der Waals surface area contributed by atoms with E-state index in [4.69, 9.17) is 23.2 Å². The van der Waals surface area contributed by atoms with E-state index in [-0.39, 0.29) is 18.5 Å². The first-order valence-electron chi connectivity index (χ1n) is 5.43. The number of benzene rings is 1. The first kappa shape index (κ1) is 14.3. The summed E-state index contributed by atoms with van der Waals surface area (Å²) >= 11 is 11.9. The Morgan fingerprint density at radius 1 is 1.35 bits per heavy atom. The Morgan fingerprint density at radius 3 is 2.71 bits per heavy atom. The molecule has 3 nitrogen and oxygen atoms in total. The topological polar surface area (TPSA) is 41.1 Å². The van der Waals surface area contributed by atoms with Gasteiger partial charge in [0.2, 0.25) is 5.91 Å². The van der Waals surface area contributed by atoms with E-state index in [0.717, 1.165) is 5.56 Å². The van der Waals surface area contributed by atoms with Gasteiger partial charge in [-0.1, -0.05) is 23.2 Å². The fourth-order valence-corrected chi connectivity index (χ4v) is 1.74. The number of halogens is 2. The molecule has 0 heterocycles. The van der Waals surface area contributed by atoms with Crippen LogP contribution in [0, 0.1) is 0 Å². The Kier molecular flexibility index (Phi) is 5.75. The molecule has 1 amide bonds. The molecule has 5 heteroatoms.